The normalized spacial score (nSPS) is 28.7. The molecule has 0 unspecified atom stereocenters. The highest BCUT2D eigenvalue weighted by Crippen LogP contribution is 2.52. The second-order valence-electron chi connectivity index (χ2n) is 8.33. The molecule has 148 valence electrons. The molecule has 3 rings (SSSR count). The van der Waals surface area contributed by atoms with Crippen molar-refractivity contribution in [3.8, 4) is 0 Å². The van der Waals surface area contributed by atoms with Gasteiger partial charge in [-0.1, -0.05) is 38.4 Å². The van der Waals surface area contributed by atoms with Gasteiger partial charge < -0.3 is 5.11 Å². The molecule has 0 aromatic heterocycles. The Morgan fingerprint density at radius 2 is 2.00 bits per heavy atom. The van der Waals surface area contributed by atoms with Crippen molar-refractivity contribution < 1.29 is 23.1 Å². The molecule has 1 heterocycles. The zero-order chi connectivity index (χ0) is 20.2. The van der Waals surface area contributed by atoms with Gasteiger partial charge in [-0.25, -0.2) is 0 Å². The van der Waals surface area contributed by atoms with Crippen molar-refractivity contribution in [2.75, 3.05) is 0 Å². The molecule has 1 aromatic carbocycles. The molecule has 0 radical (unpaired) electrons. The van der Waals surface area contributed by atoms with Crippen molar-refractivity contribution >= 4 is 23.2 Å². The second-order valence-corrected chi connectivity index (χ2v) is 8.77. The van der Waals surface area contributed by atoms with Crippen molar-refractivity contribution in [2.24, 2.45) is 22.4 Å². The summed E-state index contributed by atoms with van der Waals surface area (Å²) in [6.45, 7) is 5.91. The van der Waals surface area contributed by atoms with Crippen molar-refractivity contribution in [3.63, 3.8) is 0 Å². The molecule has 0 saturated heterocycles. The lowest BCUT2D eigenvalue weighted by Gasteiger charge is -2.42. The van der Waals surface area contributed by atoms with Crippen LogP contribution in [0.4, 0.5) is 13.2 Å². The molecule has 1 fully saturated rings. The fourth-order valence-electron chi connectivity index (χ4n) is 3.95. The molecule has 4 nitrogen and oxygen atoms in total. The van der Waals surface area contributed by atoms with Gasteiger partial charge >= 0.3 is 6.18 Å². The van der Waals surface area contributed by atoms with Gasteiger partial charge in [0.2, 0.25) is 0 Å². The van der Waals surface area contributed by atoms with Crippen LogP contribution in [-0.2, 0) is 0 Å². The largest absolute Gasteiger partial charge is 0.439 e. The number of benzene rings is 1. The molecule has 1 aromatic rings. The molecular weight excluding hydrogens is 381 g/mol. The molecule has 1 aliphatic heterocycles. The first kappa shape index (κ1) is 20.1. The Hall–Kier alpha value is -1.60. The van der Waals surface area contributed by atoms with Crippen LogP contribution in [0.25, 0.3) is 0 Å². The SMILES string of the molecule is CC(C)(C)[C@@H]1CCC2=NN(C(=O)c3cccc(Cl)c3)[C@](O)(C(F)(F)F)[C@@H]2C1. The van der Waals surface area contributed by atoms with Crippen LogP contribution in [0.5, 0.6) is 0 Å². The van der Waals surface area contributed by atoms with Crippen LogP contribution in [-0.4, -0.2) is 33.6 Å². The topological polar surface area (TPSA) is 52.9 Å². The monoisotopic (exact) mass is 402 g/mol. The van der Waals surface area contributed by atoms with Crippen LogP contribution in [0.1, 0.15) is 50.4 Å². The van der Waals surface area contributed by atoms with Gasteiger partial charge in [-0.15, -0.1) is 0 Å². The van der Waals surface area contributed by atoms with E-state index in [1.165, 1.54) is 24.3 Å². The minimum Gasteiger partial charge on any atom is -0.362 e. The van der Waals surface area contributed by atoms with E-state index in [2.05, 4.69) is 5.10 Å². The smallest absolute Gasteiger partial charge is 0.362 e. The summed E-state index contributed by atoms with van der Waals surface area (Å²) in [4.78, 5) is 12.8. The number of hydrazone groups is 1. The highest BCUT2D eigenvalue weighted by atomic mass is 35.5. The molecule has 1 aliphatic carbocycles. The molecule has 0 bridgehead atoms. The summed E-state index contributed by atoms with van der Waals surface area (Å²) in [6, 6.07) is 5.60. The van der Waals surface area contributed by atoms with E-state index in [4.69, 9.17) is 11.6 Å². The molecule has 2 aliphatic rings. The fourth-order valence-corrected chi connectivity index (χ4v) is 4.14. The molecule has 1 saturated carbocycles. The van der Waals surface area contributed by atoms with Gasteiger partial charge in [-0.2, -0.15) is 23.3 Å². The first-order valence-corrected chi connectivity index (χ1v) is 9.20. The number of rotatable bonds is 1. The van der Waals surface area contributed by atoms with Gasteiger partial charge in [0, 0.05) is 16.3 Å². The highest BCUT2D eigenvalue weighted by Gasteiger charge is 2.69. The molecule has 3 atom stereocenters. The average Bonchev–Trinajstić information content (AvgIpc) is 2.87. The Morgan fingerprint density at radius 1 is 1.33 bits per heavy atom. The van der Waals surface area contributed by atoms with E-state index in [1.807, 2.05) is 20.8 Å². The third-order valence-electron chi connectivity index (χ3n) is 5.61. The van der Waals surface area contributed by atoms with E-state index in [0.717, 1.165) is 0 Å². The summed E-state index contributed by atoms with van der Waals surface area (Å²) in [5, 5.41) is 15.2. The van der Waals surface area contributed by atoms with Crippen LogP contribution < -0.4 is 0 Å². The lowest BCUT2D eigenvalue weighted by molar-refractivity contribution is -0.314. The molecule has 27 heavy (non-hydrogen) atoms. The van der Waals surface area contributed by atoms with Crippen LogP contribution in [0.3, 0.4) is 0 Å². The lowest BCUT2D eigenvalue weighted by atomic mass is 9.66. The van der Waals surface area contributed by atoms with Gasteiger partial charge in [0.05, 0.1) is 5.92 Å². The standard InChI is InChI=1S/C19H22ClF3N2O2/c1-17(2,3)12-7-8-15-14(10-12)18(27,19(21,22)23)25(24-15)16(26)11-5-4-6-13(20)9-11/h4-6,9,12,14,27H,7-8,10H2,1-3H3/t12-,14-,18-/m1/s1. The van der Waals surface area contributed by atoms with Crippen molar-refractivity contribution in [2.45, 2.75) is 51.9 Å². The molecule has 1 N–H and O–H groups in total. The third-order valence-corrected chi connectivity index (χ3v) is 5.85. The Kier molecular flexibility index (Phi) is 4.84. The third kappa shape index (κ3) is 3.36. The predicted molar refractivity (Wildman–Crippen MR) is 96.3 cm³/mol. The maximum atomic E-state index is 14.0. The number of nitrogens with zero attached hydrogens (tertiary/aromatic N) is 2. The summed E-state index contributed by atoms with van der Waals surface area (Å²) in [5.74, 6) is -2.30. The van der Waals surface area contributed by atoms with Crippen LogP contribution in [0.2, 0.25) is 5.02 Å². The predicted octanol–water partition coefficient (Wildman–Crippen LogP) is 4.87. The summed E-state index contributed by atoms with van der Waals surface area (Å²) in [5.41, 5.74) is -3.39. The first-order valence-electron chi connectivity index (χ1n) is 8.82. The summed E-state index contributed by atoms with van der Waals surface area (Å²) < 4.78 is 42.0. The maximum absolute atomic E-state index is 14.0. The second kappa shape index (κ2) is 6.48. The first-order chi connectivity index (χ1) is 12.4. The van der Waals surface area contributed by atoms with E-state index >= 15 is 0 Å². The minimum atomic E-state index is -5.04. The Bertz CT molecular complexity index is 788. The number of alkyl halides is 3. The van der Waals surface area contributed by atoms with Gasteiger partial charge in [-0.3, -0.25) is 4.79 Å². The maximum Gasteiger partial charge on any atom is 0.439 e. The Labute approximate surface area is 161 Å². The quantitative estimate of drug-likeness (QED) is 0.729. The number of amides is 1. The average molecular weight is 403 g/mol. The number of carbonyl (C=O) groups is 1. The number of fused-ring (bicyclic) bond motifs is 1. The van der Waals surface area contributed by atoms with E-state index in [0.29, 0.717) is 12.8 Å². The number of halogens is 4. The number of aliphatic hydroxyl groups is 1. The lowest BCUT2D eigenvalue weighted by Crippen LogP contribution is -2.62. The Morgan fingerprint density at radius 3 is 2.56 bits per heavy atom. The molecule has 8 heteroatoms. The minimum absolute atomic E-state index is 0.0171. The summed E-state index contributed by atoms with van der Waals surface area (Å²) >= 11 is 5.86. The van der Waals surface area contributed by atoms with Gasteiger partial charge in [0.1, 0.15) is 0 Å². The molecule has 1 amide bonds. The van der Waals surface area contributed by atoms with Crippen LogP contribution in [0.15, 0.2) is 29.4 Å². The summed E-state index contributed by atoms with van der Waals surface area (Å²) in [6.07, 6.45) is -3.93. The van der Waals surface area contributed by atoms with Gasteiger partial charge in [0.25, 0.3) is 11.6 Å². The van der Waals surface area contributed by atoms with Crippen molar-refractivity contribution in [1.82, 2.24) is 5.01 Å². The van der Waals surface area contributed by atoms with E-state index in [-0.39, 0.29) is 39.1 Å². The molecule has 0 spiro atoms. The Balaban J connectivity index is 2.02. The van der Waals surface area contributed by atoms with Crippen molar-refractivity contribution in [1.29, 1.82) is 0 Å². The van der Waals surface area contributed by atoms with Gasteiger partial charge in [0.15, 0.2) is 0 Å². The fraction of sp³-hybridized carbons (Fsp3) is 0.579. The van der Waals surface area contributed by atoms with Gasteiger partial charge in [-0.05, 0) is 48.8 Å². The molecular formula is C19H22ClF3N2O2. The van der Waals surface area contributed by atoms with Crippen LogP contribution in [0, 0.1) is 17.3 Å². The zero-order valence-corrected chi connectivity index (χ0v) is 16.1. The van der Waals surface area contributed by atoms with E-state index in [9.17, 15) is 23.1 Å². The van der Waals surface area contributed by atoms with E-state index in [1.54, 1.807) is 0 Å². The zero-order valence-electron chi connectivity index (χ0n) is 15.3. The number of hydrogen-bond donors (Lipinski definition) is 1. The summed E-state index contributed by atoms with van der Waals surface area (Å²) in [7, 11) is 0. The van der Waals surface area contributed by atoms with E-state index < -0.39 is 23.7 Å². The van der Waals surface area contributed by atoms with Crippen molar-refractivity contribution in [3.05, 3.63) is 34.9 Å². The number of hydrogen-bond acceptors (Lipinski definition) is 3. The highest BCUT2D eigenvalue weighted by molar-refractivity contribution is 6.31. The number of carbonyl (C=O) groups excluding carboxylic acids is 1. The van der Waals surface area contributed by atoms with Crippen LogP contribution >= 0.6 is 11.6 Å².